The number of nitriles is 1. The Morgan fingerprint density at radius 3 is 2.29 bits per heavy atom. The van der Waals surface area contributed by atoms with Crippen molar-refractivity contribution in [1.82, 2.24) is 0 Å². The monoisotopic (exact) mass is 230 g/mol. The summed E-state index contributed by atoms with van der Waals surface area (Å²) in [5.41, 5.74) is 3.31. The maximum atomic E-state index is 8.87. The Morgan fingerprint density at radius 2 is 1.88 bits per heavy atom. The van der Waals surface area contributed by atoms with E-state index in [4.69, 9.17) is 5.26 Å². The SMILES string of the molecule is Cc1cc(C#N)ccc1N(C)C(C)C(C)(C)C. The molecular formula is C15H22N2. The minimum atomic E-state index is 0.231. The highest BCUT2D eigenvalue weighted by Gasteiger charge is 2.24. The highest BCUT2D eigenvalue weighted by molar-refractivity contribution is 5.56. The van der Waals surface area contributed by atoms with E-state index in [2.05, 4.69) is 52.6 Å². The van der Waals surface area contributed by atoms with E-state index in [1.165, 1.54) is 5.69 Å². The van der Waals surface area contributed by atoms with Gasteiger partial charge in [-0.1, -0.05) is 20.8 Å². The molecule has 1 aromatic rings. The van der Waals surface area contributed by atoms with Gasteiger partial charge in [0.15, 0.2) is 0 Å². The zero-order valence-electron chi connectivity index (χ0n) is 11.7. The van der Waals surface area contributed by atoms with Crippen molar-refractivity contribution in [3.05, 3.63) is 29.3 Å². The third-order valence-electron chi connectivity index (χ3n) is 3.54. The van der Waals surface area contributed by atoms with Crippen LogP contribution in [-0.4, -0.2) is 13.1 Å². The Hall–Kier alpha value is -1.49. The summed E-state index contributed by atoms with van der Waals surface area (Å²) in [4.78, 5) is 2.29. The first-order valence-electron chi connectivity index (χ1n) is 6.01. The number of benzene rings is 1. The van der Waals surface area contributed by atoms with Gasteiger partial charge in [0, 0.05) is 18.8 Å². The van der Waals surface area contributed by atoms with Gasteiger partial charge in [0.1, 0.15) is 0 Å². The molecule has 0 aromatic heterocycles. The third-order valence-corrected chi connectivity index (χ3v) is 3.54. The molecule has 1 aromatic carbocycles. The van der Waals surface area contributed by atoms with Gasteiger partial charge in [-0.25, -0.2) is 0 Å². The largest absolute Gasteiger partial charge is 0.371 e. The predicted molar refractivity (Wildman–Crippen MR) is 73.2 cm³/mol. The fraction of sp³-hybridized carbons (Fsp3) is 0.533. The van der Waals surface area contributed by atoms with E-state index in [0.29, 0.717) is 6.04 Å². The Balaban J connectivity index is 3.06. The minimum Gasteiger partial charge on any atom is -0.371 e. The fourth-order valence-corrected chi connectivity index (χ4v) is 1.91. The van der Waals surface area contributed by atoms with Gasteiger partial charge in [0.25, 0.3) is 0 Å². The molecule has 2 nitrogen and oxygen atoms in total. The van der Waals surface area contributed by atoms with Crippen molar-refractivity contribution < 1.29 is 0 Å². The second-order valence-electron chi connectivity index (χ2n) is 5.77. The maximum Gasteiger partial charge on any atom is 0.0991 e. The van der Waals surface area contributed by atoms with Crippen molar-refractivity contribution in [2.45, 2.75) is 40.7 Å². The van der Waals surface area contributed by atoms with Gasteiger partial charge < -0.3 is 4.90 Å². The van der Waals surface area contributed by atoms with Crippen LogP contribution < -0.4 is 4.90 Å². The molecule has 0 radical (unpaired) electrons. The van der Waals surface area contributed by atoms with Crippen LogP contribution in [0.4, 0.5) is 5.69 Å². The molecule has 0 aliphatic carbocycles. The first kappa shape index (κ1) is 13.6. The van der Waals surface area contributed by atoms with E-state index >= 15 is 0 Å². The van der Waals surface area contributed by atoms with Crippen LogP contribution in [0.3, 0.4) is 0 Å². The zero-order chi connectivity index (χ0) is 13.2. The van der Waals surface area contributed by atoms with E-state index in [-0.39, 0.29) is 5.41 Å². The predicted octanol–water partition coefficient (Wildman–Crippen LogP) is 3.74. The molecule has 0 aliphatic heterocycles. The lowest BCUT2D eigenvalue weighted by Gasteiger charge is -2.37. The highest BCUT2D eigenvalue weighted by Crippen LogP contribution is 2.29. The Labute approximate surface area is 105 Å². The Bertz CT molecular complexity index is 435. The fourth-order valence-electron chi connectivity index (χ4n) is 1.91. The zero-order valence-corrected chi connectivity index (χ0v) is 11.7. The van der Waals surface area contributed by atoms with Crippen molar-refractivity contribution in [3.63, 3.8) is 0 Å². The summed E-state index contributed by atoms with van der Waals surface area (Å²) in [5, 5.41) is 8.87. The Morgan fingerprint density at radius 1 is 1.29 bits per heavy atom. The maximum absolute atomic E-state index is 8.87. The summed E-state index contributed by atoms with van der Waals surface area (Å²) in [7, 11) is 2.12. The molecule has 0 N–H and O–H groups in total. The molecule has 0 amide bonds. The third kappa shape index (κ3) is 3.00. The van der Waals surface area contributed by atoms with Crippen LogP contribution in [0.5, 0.6) is 0 Å². The molecular weight excluding hydrogens is 208 g/mol. The number of aryl methyl sites for hydroxylation is 1. The van der Waals surface area contributed by atoms with Crippen molar-refractivity contribution in [2.24, 2.45) is 5.41 Å². The van der Waals surface area contributed by atoms with Gasteiger partial charge in [-0.2, -0.15) is 5.26 Å². The van der Waals surface area contributed by atoms with Crippen LogP contribution in [0.2, 0.25) is 0 Å². The second-order valence-corrected chi connectivity index (χ2v) is 5.77. The van der Waals surface area contributed by atoms with E-state index in [1.54, 1.807) is 0 Å². The van der Waals surface area contributed by atoms with Crippen molar-refractivity contribution in [1.29, 1.82) is 5.26 Å². The molecule has 1 atom stereocenters. The first-order valence-corrected chi connectivity index (χ1v) is 6.01. The Kier molecular flexibility index (Phi) is 3.83. The van der Waals surface area contributed by atoms with E-state index in [0.717, 1.165) is 11.1 Å². The molecule has 0 heterocycles. The standard InChI is InChI=1S/C15H22N2/c1-11-9-13(10-16)7-8-14(11)17(6)12(2)15(3,4)5/h7-9,12H,1-6H3. The number of hydrogen-bond donors (Lipinski definition) is 0. The lowest BCUT2D eigenvalue weighted by Crippen LogP contribution is -2.39. The van der Waals surface area contributed by atoms with E-state index in [9.17, 15) is 0 Å². The quantitative estimate of drug-likeness (QED) is 0.774. The lowest BCUT2D eigenvalue weighted by atomic mass is 9.86. The van der Waals surface area contributed by atoms with Crippen molar-refractivity contribution in [3.8, 4) is 6.07 Å². The average molecular weight is 230 g/mol. The smallest absolute Gasteiger partial charge is 0.0991 e. The van der Waals surface area contributed by atoms with Gasteiger partial charge in [-0.05, 0) is 43.0 Å². The van der Waals surface area contributed by atoms with Crippen LogP contribution in [0.1, 0.15) is 38.8 Å². The molecule has 0 saturated heterocycles. The van der Waals surface area contributed by atoms with E-state index < -0.39 is 0 Å². The highest BCUT2D eigenvalue weighted by atomic mass is 15.1. The van der Waals surface area contributed by atoms with Crippen LogP contribution >= 0.6 is 0 Å². The van der Waals surface area contributed by atoms with Crippen LogP contribution in [0.15, 0.2) is 18.2 Å². The average Bonchev–Trinajstić information content (AvgIpc) is 2.25. The molecule has 92 valence electrons. The topological polar surface area (TPSA) is 27.0 Å². The number of anilines is 1. The summed E-state index contributed by atoms with van der Waals surface area (Å²) < 4.78 is 0. The van der Waals surface area contributed by atoms with Crippen molar-refractivity contribution >= 4 is 5.69 Å². The van der Waals surface area contributed by atoms with Gasteiger partial charge in [0.05, 0.1) is 11.6 Å². The number of nitrogens with zero attached hydrogens (tertiary/aromatic N) is 2. The molecule has 0 bridgehead atoms. The van der Waals surface area contributed by atoms with Crippen LogP contribution in [0, 0.1) is 23.7 Å². The molecule has 0 spiro atoms. The molecule has 1 unspecified atom stereocenters. The van der Waals surface area contributed by atoms with Crippen LogP contribution in [0.25, 0.3) is 0 Å². The molecule has 0 saturated carbocycles. The van der Waals surface area contributed by atoms with Gasteiger partial charge in [-0.15, -0.1) is 0 Å². The summed E-state index contributed by atoms with van der Waals surface area (Å²) >= 11 is 0. The first-order chi connectivity index (χ1) is 7.77. The van der Waals surface area contributed by atoms with Gasteiger partial charge in [-0.3, -0.25) is 0 Å². The molecule has 1 rings (SSSR count). The lowest BCUT2D eigenvalue weighted by molar-refractivity contribution is 0.329. The normalized spacial score (nSPS) is 13.0. The molecule has 17 heavy (non-hydrogen) atoms. The summed E-state index contributed by atoms with van der Waals surface area (Å²) in [5.74, 6) is 0. The minimum absolute atomic E-state index is 0.231. The van der Waals surface area contributed by atoms with E-state index in [1.807, 2.05) is 18.2 Å². The molecule has 2 heteroatoms. The van der Waals surface area contributed by atoms with Gasteiger partial charge >= 0.3 is 0 Å². The van der Waals surface area contributed by atoms with Crippen molar-refractivity contribution in [2.75, 3.05) is 11.9 Å². The van der Waals surface area contributed by atoms with Gasteiger partial charge in [0.2, 0.25) is 0 Å². The molecule has 0 aliphatic rings. The summed E-state index contributed by atoms with van der Waals surface area (Å²) in [6.45, 7) is 11.0. The number of hydrogen-bond acceptors (Lipinski definition) is 2. The summed E-state index contributed by atoms with van der Waals surface area (Å²) in [6.07, 6.45) is 0. The van der Waals surface area contributed by atoms with Crippen LogP contribution in [-0.2, 0) is 0 Å². The summed E-state index contributed by atoms with van der Waals surface area (Å²) in [6, 6.07) is 8.48. The molecule has 0 fully saturated rings. The number of rotatable bonds is 2. The second kappa shape index (κ2) is 4.79.